The van der Waals surface area contributed by atoms with Crippen molar-refractivity contribution < 1.29 is 37.7 Å². The minimum absolute atomic E-state index is 0. The van der Waals surface area contributed by atoms with Gasteiger partial charge >= 0.3 is 11.4 Å². The fourth-order valence-electron chi connectivity index (χ4n) is 7.99. The molecule has 0 saturated carbocycles. The summed E-state index contributed by atoms with van der Waals surface area (Å²) in [6.45, 7) is 17.4. The van der Waals surface area contributed by atoms with Gasteiger partial charge in [-0.05, 0) is 116 Å². The molecule has 0 fully saturated rings. The zero-order chi connectivity index (χ0) is 59.4. The standard InChI is InChI=1S/C17H21N5O2.C15H20N6.C14H14FN5O2.C7H4FNO3.CH4.FH/c1-17(2,3)22-15(18)13(16(19)24)14(20-22)9-5-6-11-10(7-9)8-12(23)21(11)4;1-15(2,3)21-14(18)10(8-16)13(20-21)9-5-6-12(19-4)11(17)7-9;1-14(2,3)19-13(17)9(7-16)12(18-19)8-4-5-10(15)11(6-8)20(21)22;8-6-2-1-5(4-10)3-7(6)9(11)12;;/h5-7H,8,18H2,1-4H3,(H2,19,24);5-7,19H,17-18H2,1-4H3;4-6H,17H2,1-3H3;1-4H;1H4;1H. The van der Waals surface area contributed by atoms with E-state index in [0.717, 1.165) is 52.3 Å². The lowest BCUT2D eigenvalue weighted by atomic mass is 10.0. The maximum Gasteiger partial charge on any atom is 0.305 e. The van der Waals surface area contributed by atoms with Crippen LogP contribution in [0.2, 0.25) is 0 Å². The van der Waals surface area contributed by atoms with E-state index in [0.29, 0.717) is 41.2 Å². The van der Waals surface area contributed by atoms with Crippen LogP contribution >= 0.6 is 0 Å². The molecule has 7 aromatic rings. The smallest absolute Gasteiger partial charge is 0.305 e. The van der Waals surface area contributed by atoms with Gasteiger partial charge in [-0.1, -0.05) is 19.6 Å². The molecular weight excluding hydrogens is 1060 g/mol. The number of hydrogen-bond donors (Lipinski definition) is 6. The summed E-state index contributed by atoms with van der Waals surface area (Å²) in [5.41, 5.74) is 34.1. The molecule has 428 valence electrons. The molecule has 27 heteroatoms. The Morgan fingerprint density at radius 1 is 0.691 bits per heavy atom. The van der Waals surface area contributed by atoms with E-state index in [2.05, 4.69) is 26.7 Å². The minimum Gasteiger partial charge on any atom is -0.397 e. The summed E-state index contributed by atoms with van der Waals surface area (Å²) in [6, 6.07) is 21.5. The number of nitrogen functional groups attached to an aromatic ring is 4. The van der Waals surface area contributed by atoms with Crippen LogP contribution in [0.1, 0.15) is 107 Å². The zero-order valence-electron chi connectivity index (χ0n) is 45.5. The van der Waals surface area contributed by atoms with Gasteiger partial charge in [-0.25, -0.2) is 14.0 Å². The summed E-state index contributed by atoms with van der Waals surface area (Å²) in [4.78, 5) is 54.8. The highest BCUT2D eigenvalue weighted by molar-refractivity contribution is 6.05. The van der Waals surface area contributed by atoms with Gasteiger partial charge in [0.05, 0.1) is 44.3 Å². The number of hydrogen-bond acceptors (Lipinski definition) is 17. The minimum atomic E-state index is -0.949. The second-order valence-electron chi connectivity index (χ2n) is 20.7. The average Bonchev–Trinajstić information content (AvgIpc) is 4.17. The number of likely N-dealkylation sites (N-methyl/N-ethyl adjacent to an activating group) is 1. The molecule has 1 aliphatic rings. The van der Waals surface area contributed by atoms with E-state index in [9.17, 15) is 53.9 Å². The molecule has 3 aromatic heterocycles. The first-order chi connectivity index (χ1) is 36.7. The molecule has 2 amide bonds. The Bertz CT molecular complexity index is 3650. The Hall–Kier alpha value is -10.3. The molecule has 0 aliphatic carbocycles. The predicted octanol–water partition coefficient (Wildman–Crippen LogP) is 9.03. The van der Waals surface area contributed by atoms with Crippen molar-refractivity contribution in [3.05, 3.63) is 132 Å². The van der Waals surface area contributed by atoms with Crippen molar-refractivity contribution in [3.8, 4) is 45.9 Å². The van der Waals surface area contributed by atoms with E-state index < -0.39 is 44.3 Å². The number of nitro benzene ring substituents is 2. The van der Waals surface area contributed by atoms with Gasteiger partial charge in [-0.15, -0.1) is 0 Å². The number of fused-ring (bicyclic) bond motifs is 1. The van der Waals surface area contributed by atoms with Gasteiger partial charge in [0.25, 0.3) is 5.91 Å². The highest BCUT2D eigenvalue weighted by atomic mass is 19.1. The fourth-order valence-corrected chi connectivity index (χ4v) is 7.99. The number of primary amides is 1. The van der Waals surface area contributed by atoms with Gasteiger partial charge in [0.2, 0.25) is 17.5 Å². The van der Waals surface area contributed by atoms with Crippen LogP contribution < -0.4 is 38.9 Å². The molecule has 8 rings (SSSR count). The van der Waals surface area contributed by atoms with Crippen molar-refractivity contribution in [2.75, 3.05) is 47.2 Å². The van der Waals surface area contributed by atoms with E-state index in [4.69, 9.17) is 28.7 Å². The van der Waals surface area contributed by atoms with Crippen LogP contribution in [0.4, 0.5) is 59.4 Å². The van der Waals surface area contributed by atoms with Crippen LogP contribution in [0.25, 0.3) is 33.8 Å². The third-order valence-electron chi connectivity index (χ3n) is 11.9. The summed E-state index contributed by atoms with van der Waals surface area (Å²) >= 11 is 0. The number of nitrogens with one attached hydrogen (secondary N) is 1. The van der Waals surface area contributed by atoms with Crippen molar-refractivity contribution in [3.63, 3.8) is 0 Å². The SMILES string of the molecule is C.CC(C)(C)n1nc(-c2ccc(F)c([N+](=O)[O-])c2)c(C#N)c1N.CN1C(=O)Cc2cc(-c3nn(C(C)(C)C)c(N)c3C(N)=O)ccc21.CNc1ccc(-c2nn(C(C)(C)C)c(N)c2C#N)cc1N.F.O=Cc1ccc(F)c([N+](=O)[O-])c1. The molecule has 24 nitrogen and oxygen atoms in total. The number of aldehydes is 1. The molecule has 81 heavy (non-hydrogen) atoms. The molecule has 0 radical (unpaired) electrons. The topological polar surface area (TPSA) is 384 Å². The van der Waals surface area contributed by atoms with Crippen LogP contribution in [-0.4, -0.2) is 71.4 Å². The lowest BCUT2D eigenvalue weighted by Gasteiger charge is -2.20. The fraction of sp³-hybridized carbons (Fsp3) is 0.296. The summed E-state index contributed by atoms with van der Waals surface area (Å²) in [5, 5.41) is 56.0. The number of amides is 2. The number of carbonyl (C=O) groups excluding carboxylic acids is 3. The number of carbonyl (C=O) groups is 3. The number of anilines is 6. The highest BCUT2D eigenvalue weighted by Gasteiger charge is 2.31. The Balaban J connectivity index is 0.000000288. The first kappa shape index (κ1) is 65.0. The summed E-state index contributed by atoms with van der Waals surface area (Å²) < 4.78 is 30.8. The van der Waals surface area contributed by atoms with Crippen LogP contribution in [0.3, 0.4) is 0 Å². The van der Waals surface area contributed by atoms with Crippen molar-refractivity contribution in [2.45, 2.75) is 92.8 Å². The molecule has 4 heterocycles. The van der Waals surface area contributed by atoms with E-state index in [1.54, 1.807) is 34.4 Å². The Morgan fingerprint density at radius 2 is 1.11 bits per heavy atom. The predicted molar refractivity (Wildman–Crippen MR) is 305 cm³/mol. The van der Waals surface area contributed by atoms with Crippen LogP contribution in [0.15, 0.2) is 72.8 Å². The third-order valence-corrected chi connectivity index (χ3v) is 11.9. The van der Waals surface area contributed by atoms with E-state index in [1.807, 2.05) is 98.7 Å². The maximum atomic E-state index is 13.4. The van der Waals surface area contributed by atoms with E-state index in [-0.39, 0.29) is 68.7 Å². The molecule has 11 N–H and O–H groups in total. The number of nitrogens with zero attached hydrogens (tertiary/aromatic N) is 11. The number of halogens is 3. The van der Waals surface area contributed by atoms with Crippen molar-refractivity contribution in [1.82, 2.24) is 29.3 Å². The number of nitriles is 2. The summed E-state index contributed by atoms with van der Waals surface area (Å²) in [6.07, 6.45) is 0.757. The lowest BCUT2D eigenvalue weighted by molar-refractivity contribution is -0.387. The molecule has 0 saturated heterocycles. The quantitative estimate of drug-likeness (QED) is 0.0357. The average molecular weight is 1120 g/mol. The van der Waals surface area contributed by atoms with E-state index in [1.165, 1.54) is 16.8 Å². The monoisotopic (exact) mass is 1120 g/mol. The molecule has 0 bridgehead atoms. The van der Waals surface area contributed by atoms with Gasteiger partial charge in [0.15, 0.2) is 0 Å². The normalized spacial score (nSPS) is 11.5. The number of nitrogens with two attached hydrogens (primary N) is 5. The van der Waals surface area contributed by atoms with Gasteiger partial charge < -0.3 is 38.9 Å². The Morgan fingerprint density at radius 3 is 1.54 bits per heavy atom. The van der Waals surface area contributed by atoms with Crippen LogP contribution in [0, 0.1) is 54.5 Å². The van der Waals surface area contributed by atoms with Crippen LogP contribution in [0.5, 0.6) is 0 Å². The molecular formula is C54H64F3N17O7. The number of benzene rings is 4. The zero-order valence-corrected chi connectivity index (χ0v) is 45.5. The van der Waals surface area contributed by atoms with Crippen LogP contribution in [-0.2, 0) is 27.8 Å². The Labute approximate surface area is 464 Å². The summed E-state index contributed by atoms with van der Waals surface area (Å²) in [5.74, 6) is -1.68. The molecule has 0 atom stereocenters. The lowest BCUT2D eigenvalue weighted by Crippen LogP contribution is -2.25. The van der Waals surface area contributed by atoms with Gasteiger partial charge in [-0.2, -0.15) is 34.6 Å². The molecule has 0 spiro atoms. The highest BCUT2D eigenvalue weighted by Crippen LogP contribution is 2.37. The van der Waals surface area contributed by atoms with Crippen molar-refractivity contribution >= 4 is 64.0 Å². The van der Waals surface area contributed by atoms with Crippen molar-refractivity contribution in [2.24, 2.45) is 5.73 Å². The largest absolute Gasteiger partial charge is 0.397 e. The van der Waals surface area contributed by atoms with E-state index >= 15 is 0 Å². The third kappa shape index (κ3) is 13.9. The molecule has 0 unspecified atom stereocenters. The van der Waals surface area contributed by atoms with Gasteiger partial charge in [0, 0.05) is 54.2 Å². The molecule has 1 aliphatic heterocycles. The maximum absolute atomic E-state index is 13.4. The number of nitro groups is 2. The molecule has 4 aromatic carbocycles. The first-order valence-corrected chi connectivity index (χ1v) is 23.8. The van der Waals surface area contributed by atoms with Crippen molar-refractivity contribution in [1.29, 1.82) is 10.5 Å². The second-order valence-corrected chi connectivity index (χ2v) is 20.7. The Kier molecular flexibility index (Phi) is 20.1. The van der Waals surface area contributed by atoms with Gasteiger partial charge in [0.1, 0.15) is 69.7 Å². The number of rotatable bonds is 8. The number of aromatic nitrogens is 6. The first-order valence-electron chi connectivity index (χ1n) is 23.8. The summed E-state index contributed by atoms with van der Waals surface area (Å²) in [7, 11) is 3.55. The van der Waals surface area contributed by atoms with Gasteiger partial charge in [-0.3, -0.25) is 39.3 Å². The second kappa shape index (κ2) is 25.0.